The highest BCUT2D eigenvalue weighted by Crippen LogP contribution is 2.41. The number of hydrogen-bond donors (Lipinski definition) is 1. The van der Waals surface area contributed by atoms with Crippen molar-refractivity contribution < 1.29 is 28.9 Å². The zero-order chi connectivity index (χ0) is 21.0. The molecule has 1 unspecified atom stereocenters. The summed E-state index contributed by atoms with van der Waals surface area (Å²) in [6.07, 6.45) is 3.00. The van der Waals surface area contributed by atoms with Crippen molar-refractivity contribution in [1.29, 1.82) is 0 Å². The quantitative estimate of drug-likeness (QED) is 0.434. The fraction of sp³-hybridized carbons (Fsp3) is 0.286. The highest BCUT2D eigenvalue weighted by atomic mass is 16.5. The molecule has 0 bridgehead atoms. The van der Waals surface area contributed by atoms with Gasteiger partial charge < -0.3 is 24.2 Å². The lowest BCUT2D eigenvalue weighted by atomic mass is 9.95. The Labute approximate surface area is 168 Å². The first-order chi connectivity index (χ1) is 14.0. The van der Waals surface area contributed by atoms with Crippen molar-refractivity contribution in [3.63, 3.8) is 0 Å². The summed E-state index contributed by atoms with van der Waals surface area (Å²) >= 11 is 0. The van der Waals surface area contributed by atoms with Crippen LogP contribution in [0.2, 0.25) is 0 Å². The SMILES string of the molecule is COCCN1C(=O)C(=O)/C(=C(/O)c2ccncc2)C1c1ccc(OC)c(OC)c1. The number of hydrogen-bond acceptors (Lipinski definition) is 7. The fourth-order valence-corrected chi connectivity index (χ4v) is 3.34. The van der Waals surface area contributed by atoms with E-state index in [0.29, 0.717) is 22.6 Å². The zero-order valence-electron chi connectivity index (χ0n) is 16.4. The Morgan fingerprint density at radius 3 is 2.38 bits per heavy atom. The summed E-state index contributed by atoms with van der Waals surface area (Å²) in [4.78, 5) is 30.9. The van der Waals surface area contributed by atoms with Gasteiger partial charge in [-0.2, -0.15) is 0 Å². The van der Waals surface area contributed by atoms with Crippen LogP contribution in [0.15, 0.2) is 48.3 Å². The molecule has 29 heavy (non-hydrogen) atoms. The van der Waals surface area contributed by atoms with E-state index in [1.54, 1.807) is 30.3 Å². The lowest BCUT2D eigenvalue weighted by Gasteiger charge is -2.25. The summed E-state index contributed by atoms with van der Waals surface area (Å²) in [7, 11) is 4.53. The number of likely N-dealkylation sites (tertiary alicyclic amines) is 1. The van der Waals surface area contributed by atoms with Gasteiger partial charge in [0.1, 0.15) is 5.76 Å². The van der Waals surface area contributed by atoms with Gasteiger partial charge in [0.15, 0.2) is 11.5 Å². The van der Waals surface area contributed by atoms with Crippen molar-refractivity contribution >= 4 is 17.4 Å². The van der Waals surface area contributed by atoms with Gasteiger partial charge >= 0.3 is 0 Å². The summed E-state index contributed by atoms with van der Waals surface area (Å²) in [5, 5.41) is 10.9. The Kier molecular flexibility index (Phi) is 6.13. The Morgan fingerprint density at radius 1 is 1.07 bits per heavy atom. The highest BCUT2D eigenvalue weighted by molar-refractivity contribution is 6.46. The maximum atomic E-state index is 12.8. The van der Waals surface area contributed by atoms with Gasteiger partial charge in [-0.25, -0.2) is 0 Å². The molecule has 1 N–H and O–H groups in total. The number of ketones is 1. The molecule has 8 heteroatoms. The van der Waals surface area contributed by atoms with Crippen molar-refractivity contribution in [3.05, 3.63) is 59.4 Å². The molecule has 0 saturated carbocycles. The number of carbonyl (C=O) groups excluding carboxylic acids is 2. The van der Waals surface area contributed by atoms with Gasteiger partial charge in [-0.1, -0.05) is 6.07 Å². The molecule has 1 aliphatic heterocycles. The number of methoxy groups -OCH3 is 3. The third kappa shape index (κ3) is 3.79. The van der Waals surface area contributed by atoms with Crippen molar-refractivity contribution in [2.45, 2.75) is 6.04 Å². The molecule has 1 amide bonds. The largest absolute Gasteiger partial charge is 0.507 e. The third-order valence-corrected chi connectivity index (χ3v) is 4.75. The lowest BCUT2D eigenvalue weighted by Crippen LogP contribution is -2.32. The molecular weight excluding hydrogens is 376 g/mol. The maximum Gasteiger partial charge on any atom is 0.295 e. The summed E-state index contributed by atoms with van der Waals surface area (Å²) in [5.74, 6) is -0.747. The minimum absolute atomic E-state index is 0.00419. The summed E-state index contributed by atoms with van der Waals surface area (Å²) in [6.45, 7) is 0.430. The van der Waals surface area contributed by atoms with Crippen molar-refractivity contribution in [2.75, 3.05) is 34.5 Å². The number of aromatic nitrogens is 1. The average molecular weight is 398 g/mol. The van der Waals surface area contributed by atoms with Crippen LogP contribution in [-0.2, 0) is 14.3 Å². The first-order valence-corrected chi connectivity index (χ1v) is 8.93. The predicted octanol–water partition coefficient (Wildman–Crippen LogP) is 2.17. The molecule has 1 saturated heterocycles. The summed E-state index contributed by atoms with van der Waals surface area (Å²) in [5.41, 5.74) is 1.01. The predicted molar refractivity (Wildman–Crippen MR) is 105 cm³/mol. The number of aliphatic hydroxyl groups is 1. The molecule has 0 aliphatic carbocycles. The number of Topliss-reactive ketones (excluding diaryl/α,β-unsaturated/α-hetero) is 1. The number of aliphatic hydroxyl groups excluding tert-OH is 1. The second-order valence-electron chi connectivity index (χ2n) is 6.34. The van der Waals surface area contributed by atoms with Crippen LogP contribution in [0.5, 0.6) is 11.5 Å². The number of nitrogens with zero attached hydrogens (tertiary/aromatic N) is 2. The molecule has 1 aromatic carbocycles. The molecule has 8 nitrogen and oxygen atoms in total. The van der Waals surface area contributed by atoms with E-state index in [1.807, 2.05) is 0 Å². The minimum atomic E-state index is -0.793. The van der Waals surface area contributed by atoms with Gasteiger partial charge in [0, 0.05) is 31.6 Å². The highest BCUT2D eigenvalue weighted by Gasteiger charge is 2.46. The number of amides is 1. The van der Waals surface area contributed by atoms with Crippen LogP contribution in [0, 0.1) is 0 Å². The van der Waals surface area contributed by atoms with Gasteiger partial charge in [-0.15, -0.1) is 0 Å². The summed E-state index contributed by atoms with van der Waals surface area (Å²) in [6, 6.07) is 7.47. The fourth-order valence-electron chi connectivity index (χ4n) is 3.34. The maximum absolute atomic E-state index is 12.8. The Balaban J connectivity index is 2.18. The first kappa shape index (κ1) is 20.3. The third-order valence-electron chi connectivity index (χ3n) is 4.75. The number of ether oxygens (including phenoxy) is 3. The summed E-state index contributed by atoms with van der Waals surface area (Å²) < 4.78 is 15.7. The molecule has 2 aromatic rings. The first-order valence-electron chi connectivity index (χ1n) is 8.93. The number of benzene rings is 1. The van der Waals surface area contributed by atoms with Crippen LogP contribution in [0.3, 0.4) is 0 Å². The van der Waals surface area contributed by atoms with Crippen LogP contribution >= 0.6 is 0 Å². The van der Waals surface area contributed by atoms with E-state index in [2.05, 4.69) is 4.98 Å². The van der Waals surface area contributed by atoms with Crippen LogP contribution in [0.1, 0.15) is 17.2 Å². The molecule has 1 fully saturated rings. The van der Waals surface area contributed by atoms with E-state index >= 15 is 0 Å². The molecular formula is C21H22N2O6. The van der Waals surface area contributed by atoms with Gasteiger partial charge in [-0.3, -0.25) is 14.6 Å². The Bertz CT molecular complexity index is 941. The second kappa shape index (κ2) is 8.74. The molecule has 0 radical (unpaired) electrons. The number of rotatable bonds is 7. The van der Waals surface area contributed by atoms with E-state index in [1.165, 1.54) is 38.6 Å². The lowest BCUT2D eigenvalue weighted by molar-refractivity contribution is -0.140. The van der Waals surface area contributed by atoms with Gasteiger partial charge in [0.2, 0.25) is 0 Å². The standard InChI is InChI=1S/C21H22N2O6/c1-27-11-10-23-18(14-4-5-15(28-2)16(12-14)29-3)17(20(25)21(23)26)19(24)13-6-8-22-9-7-13/h4-9,12,18,24H,10-11H2,1-3H3/b19-17+. The molecule has 152 valence electrons. The second-order valence-corrected chi connectivity index (χ2v) is 6.34. The van der Waals surface area contributed by atoms with E-state index < -0.39 is 17.7 Å². The number of pyridine rings is 1. The van der Waals surface area contributed by atoms with E-state index in [0.717, 1.165) is 0 Å². The Hall–Kier alpha value is -3.39. The van der Waals surface area contributed by atoms with Crippen LogP contribution in [0.4, 0.5) is 0 Å². The monoisotopic (exact) mass is 398 g/mol. The van der Waals surface area contributed by atoms with E-state index in [-0.39, 0.29) is 24.5 Å². The van der Waals surface area contributed by atoms with Crippen LogP contribution < -0.4 is 9.47 Å². The van der Waals surface area contributed by atoms with Crippen LogP contribution in [-0.4, -0.2) is 61.2 Å². The van der Waals surface area contributed by atoms with Crippen molar-refractivity contribution in [1.82, 2.24) is 9.88 Å². The molecule has 1 aromatic heterocycles. The van der Waals surface area contributed by atoms with E-state index in [9.17, 15) is 14.7 Å². The number of carbonyl (C=O) groups is 2. The molecule has 1 aliphatic rings. The van der Waals surface area contributed by atoms with Gasteiger partial charge in [0.05, 0.1) is 32.4 Å². The minimum Gasteiger partial charge on any atom is -0.507 e. The molecule has 1 atom stereocenters. The zero-order valence-corrected chi connectivity index (χ0v) is 16.4. The van der Waals surface area contributed by atoms with Crippen LogP contribution in [0.25, 0.3) is 5.76 Å². The smallest absolute Gasteiger partial charge is 0.295 e. The Morgan fingerprint density at radius 2 is 1.76 bits per heavy atom. The van der Waals surface area contributed by atoms with Gasteiger partial charge in [0.25, 0.3) is 11.7 Å². The normalized spacial score (nSPS) is 18.2. The molecule has 3 rings (SSSR count). The van der Waals surface area contributed by atoms with Gasteiger partial charge in [-0.05, 0) is 29.8 Å². The molecule has 0 spiro atoms. The van der Waals surface area contributed by atoms with E-state index in [4.69, 9.17) is 14.2 Å². The average Bonchev–Trinajstić information content (AvgIpc) is 3.01. The van der Waals surface area contributed by atoms with Crippen molar-refractivity contribution in [2.24, 2.45) is 0 Å². The van der Waals surface area contributed by atoms with Crippen molar-refractivity contribution in [3.8, 4) is 11.5 Å². The topological polar surface area (TPSA) is 98.2 Å². The molecule has 2 heterocycles.